The van der Waals surface area contributed by atoms with Crippen molar-refractivity contribution in [1.29, 1.82) is 0 Å². The highest BCUT2D eigenvalue weighted by atomic mass is 16.5. The number of para-hydroxylation sites is 1. The average Bonchev–Trinajstić information content (AvgIpc) is 2.73. The maximum absolute atomic E-state index is 13.1. The Morgan fingerprint density at radius 3 is 2.28 bits per heavy atom. The maximum atomic E-state index is 13.1. The highest BCUT2D eigenvalue weighted by Crippen LogP contribution is 2.17. The number of rotatable bonds is 10. The lowest BCUT2D eigenvalue weighted by atomic mass is 10.1. The summed E-state index contributed by atoms with van der Waals surface area (Å²) in [7, 11) is 0. The molecule has 29 heavy (non-hydrogen) atoms. The second-order valence-corrected chi connectivity index (χ2v) is 7.29. The van der Waals surface area contributed by atoms with E-state index in [1.165, 1.54) is 0 Å². The number of nitrogens with one attached hydrogen (secondary N) is 1. The summed E-state index contributed by atoms with van der Waals surface area (Å²) in [5.41, 5.74) is 2.11. The van der Waals surface area contributed by atoms with E-state index in [0.717, 1.165) is 17.5 Å². The molecule has 0 spiro atoms. The van der Waals surface area contributed by atoms with Crippen molar-refractivity contribution in [3.63, 3.8) is 0 Å². The van der Waals surface area contributed by atoms with Crippen LogP contribution in [0, 0.1) is 6.92 Å². The molecule has 5 nitrogen and oxygen atoms in total. The minimum Gasteiger partial charge on any atom is -0.484 e. The fourth-order valence-corrected chi connectivity index (χ4v) is 3.08. The zero-order chi connectivity index (χ0) is 21.2. The lowest BCUT2D eigenvalue weighted by Gasteiger charge is -2.31. The van der Waals surface area contributed by atoms with Gasteiger partial charge < -0.3 is 15.0 Å². The van der Waals surface area contributed by atoms with Crippen LogP contribution in [0.4, 0.5) is 0 Å². The number of nitrogens with zero attached hydrogens (tertiary/aromatic N) is 1. The van der Waals surface area contributed by atoms with E-state index < -0.39 is 6.04 Å². The van der Waals surface area contributed by atoms with Gasteiger partial charge in [0.1, 0.15) is 11.8 Å². The van der Waals surface area contributed by atoms with Crippen LogP contribution >= 0.6 is 0 Å². The second kappa shape index (κ2) is 11.2. The Morgan fingerprint density at radius 2 is 1.66 bits per heavy atom. The summed E-state index contributed by atoms with van der Waals surface area (Å²) >= 11 is 0. The quantitative estimate of drug-likeness (QED) is 0.658. The van der Waals surface area contributed by atoms with Gasteiger partial charge in [-0.05, 0) is 49.9 Å². The third-order valence-electron chi connectivity index (χ3n) is 5.09. The van der Waals surface area contributed by atoms with Crippen LogP contribution < -0.4 is 10.1 Å². The van der Waals surface area contributed by atoms with Crippen LogP contribution in [0.2, 0.25) is 0 Å². The van der Waals surface area contributed by atoms with Crippen molar-refractivity contribution in [2.24, 2.45) is 0 Å². The van der Waals surface area contributed by atoms with Gasteiger partial charge in [-0.15, -0.1) is 0 Å². The fourth-order valence-electron chi connectivity index (χ4n) is 3.08. The van der Waals surface area contributed by atoms with E-state index in [1.54, 1.807) is 4.90 Å². The zero-order valence-electron chi connectivity index (χ0n) is 17.9. The van der Waals surface area contributed by atoms with Gasteiger partial charge in [0.25, 0.3) is 5.91 Å². The Bertz CT molecular complexity index is 792. The van der Waals surface area contributed by atoms with Crippen LogP contribution in [0.5, 0.6) is 5.75 Å². The van der Waals surface area contributed by atoms with Gasteiger partial charge >= 0.3 is 0 Å². The van der Waals surface area contributed by atoms with Crippen molar-refractivity contribution in [3.05, 3.63) is 65.7 Å². The van der Waals surface area contributed by atoms with Gasteiger partial charge in [0.05, 0.1) is 0 Å². The highest BCUT2D eigenvalue weighted by molar-refractivity contribution is 5.88. The molecule has 0 radical (unpaired) electrons. The van der Waals surface area contributed by atoms with Crippen LogP contribution in [0.3, 0.4) is 0 Å². The Hall–Kier alpha value is -2.82. The van der Waals surface area contributed by atoms with Gasteiger partial charge in [-0.3, -0.25) is 9.59 Å². The number of benzene rings is 2. The molecule has 0 unspecified atom stereocenters. The second-order valence-electron chi connectivity index (χ2n) is 7.29. The normalized spacial score (nSPS) is 12.7. The SMILES string of the molecule is CC[C@@H](C)NC(=O)[C@H](CC)N(Cc1ccccc1C)C(=O)COc1ccccc1. The molecule has 0 heterocycles. The maximum Gasteiger partial charge on any atom is 0.261 e. The Morgan fingerprint density at radius 1 is 1.00 bits per heavy atom. The van der Waals surface area contributed by atoms with E-state index in [2.05, 4.69) is 5.32 Å². The van der Waals surface area contributed by atoms with Crippen molar-refractivity contribution < 1.29 is 14.3 Å². The monoisotopic (exact) mass is 396 g/mol. The van der Waals surface area contributed by atoms with E-state index in [-0.39, 0.29) is 24.5 Å². The summed E-state index contributed by atoms with van der Waals surface area (Å²) in [6, 6.07) is 16.7. The topological polar surface area (TPSA) is 58.6 Å². The average molecular weight is 397 g/mol. The van der Waals surface area contributed by atoms with E-state index in [4.69, 9.17) is 4.74 Å². The Balaban J connectivity index is 2.22. The number of hydrogen-bond donors (Lipinski definition) is 1. The minimum atomic E-state index is -0.546. The number of ether oxygens (including phenoxy) is 1. The van der Waals surface area contributed by atoms with Crippen LogP contribution in [0.25, 0.3) is 0 Å². The third kappa shape index (κ3) is 6.63. The zero-order valence-corrected chi connectivity index (χ0v) is 17.9. The van der Waals surface area contributed by atoms with Crippen molar-refractivity contribution in [2.75, 3.05) is 6.61 Å². The summed E-state index contributed by atoms with van der Waals surface area (Å²) in [6.45, 7) is 8.20. The van der Waals surface area contributed by atoms with Gasteiger partial charge in [0.15, 0.2) is 6.61 Å². The molecule has 0 saturated carbocycles. The lowest BCUT2D eigenvalue weighted by molar-refractivity contribution is -0.143. The molecule has 0 aliphatic carbocycles. The number of amides is 2. The smallest absolute Gasteiger partial charge is 0.261 e. The molecule has 2 rings (SSSR count). The molecule has 0 aliphatic rings. The van der Waals surface area contributed by atoms with E-state index in [1.807, 2.05) is 82.3 Å². The van der Waals surface area contributed by atoms with E-state index in [0.29, 0.717) is 18.7 Å². The molecular weight excluding hydrogens is 364 g/mol. The van der Waals surface area contributed by atoms with Gasteiger partial charge in [0, 0.05) is 12.6 Å². The van der Waals surface area contributed by atoms with Crippen molar-refractivity contribution in [1.82, 2.24) is 10.2 Å². The first-order valence-electron chi connectivity index (χ1n) is 10.3. The minimum absolute atomic E-state index is 0.0625. The molecule has 5 heteroatoms. The number of carbonyl (C=O) groups excluding carboxylic acids is 2. The molecule has 2 amide bonds. The first-order chi connectivity index (χ1) is 14.0. The van der Waals surface area contributed by atoms with Gasteiger partial charge in [-0.25, -0.2) is 0 Å². The Kier molecular flexibility index (Phi) is 8.71. The first kappa shape index (κ1) is 22.5. The summed E-state index contributed by atoms with van der Waals surface area (Å²) in [4.78, 5) is 27.6. The molecule has 0 aromatic heterocycles. The molecule has 1 N–H and O–H groups in total. The predicted molar refractivity (Wildman–Crippen MR) is 116 cm³/mol. The van der Waals surface area contributed by atoms with E-state index in [9.17, 15) is 9.59 Å². The molecule has 2 aromatic carbocycles. The van der Waals surface area contributed by atoms with Gasteiger partial charge in [-0.1, -0.05) is 56.3 Å². The summed E-state index contributed by atoms with van der Waals surface area (Å²) < 4.78 is 5.67. The van der Waals surface area contributed by atoms with Gasteiger partial charge in [-0.2, -0.15) is 0 Å². The van der Waals surface area contributed by atoms with Crippen LogP contribution in [0.15, 0.2) is 54.6 Å². The summed E-state index contributed by atoms with van der Waals surface area (Å²) in [5, 5.41) is 3.02. The van der Waals surface area contributed by atoms with Crippen LogP contribution in [-0.2, 0) is 16.1 Å². The van der Waals surface area contributed by atoms with E-state index >= 15 is 0 Å². The summed E-state index contributed by atoms with van der Waals surface area (Å²) in [6.07, 6.45) is 1.37. The molecule has 0 saturated heterocycles. The standard InChI is InChI=1S/C24H32N2O3/c1-5-19(4)25-24(28)22(6-2)26(16-20-13-11-10-12-18(20)3)23(27)17-29-21-14-8-7-9-15-21/h7-15,19,22H,5-6,16-17H2,1-4H3,(H,25,28)/t19-,22+/m1/s1. The number of carbonyl (C=O) groups is 2. The molecule has 2 aromatic rings. The van der Waals surface area contributed by atoms with Crippen LogP contribution in [-0.4, -0.2) is 35.4 Å². The predicted octanol–water partition coefficient (Wildman–Crippen LogP) is 4.10. The molecule has 2 atom stereocenters. The fraction of sp³-hybridized carbons (Fsp3) is 0.417. The summed E-state index contributed by atoms with van der Waals surface area (Å²) in [5.74, 6) is 0.306. The molecular formula is C24H32N2O3. The van der Waals surface area contributed by atoms with Crippen LogP contribution in [0.1, 0.15) is 44.7 Å². The molecule has 156 valence electrons. The molecule has 0 fully saturated rings. The number of hydrogen-bond acceptors (Lipinski definition) is 3. The van der Waals surface area contributed by atoms with Gasteiger partial charge in [0.2, 0.25) is 5.91 Å². The first-order valence-corrected chi connectivity index (χ1v) is 10.3. The lowest BCUT2D eigenvalue weighted by Crippen LogP contribution is -2.51. The molecule has 0 aliphatic heterocycles. The Labute approximate surface area is 174 Å². The van der Waals surface area contributed by atoms with Crippen molar-refractivity contribution in [2.45, 2.75) is 59.2 Å². The van der Waals surface area contributed by atoms with Crippen molar-refractivity contribution in [3.8, 4) is 5.75 Å². The molecule has 0 bridgehead atoms. The number of aryl methyl sites for hydroxylation is 1. The third-order valence-corrected chi connectivity index (χ3v) is 5.09. The highest BCUT2D eigenvalue weighted by Gasteiger charge is 2.29. The largest absolute Gasteiger partial charge is 0.484 e. The van der Waals surface area contributed by atoms with Crippen molar-refractivity contribution >= 4 is 11.8 Å².